The summed E-state index contributed by atoms with van der Waals surface area (Å²) in [6.45, 7) is 5.70. The molecule has 0 atom stereocenters. The van der Waals surface area contributed by atoms with Crippen molar-refractivity contribution in [2.75, 3.05) is 34.4 Å². The van der Waals surface area contributed by atoms with Crippen LogP contribution >= 0.6 is 11.3 Å². The third-order valence-corrected chi connectivity index (χ3v) is 6.52. The van der Waals surface area contributed by atoms with Gasteiger partial charge in [0.15, 0.2) is 11.5 Å². The highest BCUT2D eigenvalue weighted by atomic mass is 32.1. The van der Waals surface area contributed by atoms with E-state index in [1.54, 1.807) is 25.3 Å². The van der Waals surface area contributed by atoms with E-state index in [1.165, 1.54) is 34.4 Å². The molecule has 0 aliphatic rings. The van der Waals surface area contributed by atoms with Gasteiger partial charge in [-0.05, 0) is 50.0 Å². The van der Waals surface area contributed by atoms with Crippen molar-refractivity contribution < 1.29 is 13.9 Å². The second kappa shape index (κ2) is 9.56. The third-order valence-electron chi connectivity index (χ3n) is 5.35. The summed E-state index contributed by atoms with van der Waals surface area (Å²) in [7, 11) is 5.65. The summed E-state index contributed by atoms with van der Waals surface area (Å²) >= 11 is 1.34. The van der Waals surface area contributed by atoms with Crippen molar-refractivity contribution in [2.24, 2.45) is 5.41 Å². The maximum Gasteiger partial charge on any atom is 0.275 e. The Morgan fingerprint density at radius 3 is 2.50 bits per heavy atom. The Morgan fingerprint density at radius 1 is 1.09 bits per heavy atom. The van der Waals surface area contributed by atoms with Crippen LogP contribution in [0.1, 0.15) is 13.8 Å². The molecule has 2 aromatic heterocycles. The van der Waals surface area contributed by atoms with Crippen molar-refractivity contribution in [1.29, 1.82) is 0 Å². The highest BCUT2D eigenvalue weighted by molar-refractivity contribution is 7.22. The van der Waals surface area contributed by atoms with Gasteiger partial charge in [0.25, 0.3) is 5.56 Å². The first-order valence-corrected chi connectivity index (χ1v) is 11.7. The minimum atomic E-state index is -0.298. The highest BCUT2D eigenvalue weighted by Gasteiger charge is 2.21. The van der Waals surface area contributed by atoms with Crippen LogP contribution in [0.4, 0.5) is 4.39 Å². The van der Waals surface area contributed by atoms with Gasteiger partial charge < -0.3 is 14.4 Å². The van der Waals surface area contributed by atoms with Crippen LogP contribution in [0, 0.1) is 11.2 Å². The van der Waals surface area contributed by atoms with Crippen molar-refractivity contribution in [3.05, 3.63) is 71.0 Å². The number of rotatable bonds is 8. The Hall–Kier alpha value is -3.23. The summed E-state index contributed by atoms with van der Waals surface area (Å²) in [5.41, 5.74) is 1.87. The lowest BCUT2D eigenvalue weighted by molar-refractivity contribution is 0.138. The molecule has 6 nitrogen and oxygen atoms in total. The SMILES string of the molecule is COc1cc(-n2cnc3cc(-c4ccc(F)cc4)sc3c2=O)ccc1OCC(C)(C)CN(C)C. The van der Waals surface area contributed by atoms with E-state index in [-0.39, 0.29) is 16.8 Å². The molecule has 0 aliphatic heterocycles. The van der Waals surface area contributed by atoms with Crippen LogP contribution in [-0.2, 0) is 0 Å². The van der Waals surface area contributed by atoms with Crippen LogP contribution in [-0.4, -0.2) is 48.8 Å². The van der Waals surface area contributed by atoms with Gasteiger partial charge in [0, 0.05) is 22.9 Å². The predicted molar refractivity (Wildman–Crippen MR) is 135 cm³/mol. The van der Waals surface area contributed by atoms with Crippen LogP contribution in [0.3, 0.4) is 0 Å². The zero-order chi connectivity index (χ0) is 24.5. The Bertz CT molecular complexity index is 1360. The summed E-state index contributed by atoms with van der Waals surface area (Å²) < 4.78 is 26.9. The maximum atomic E-state index is 13.3. The van der Waals surface area contributed by atoms with Gasteiger partial charge in [-0.1, -0.05) is 26.0 Å². The Morgan fingerprint density at radius 2 is 1.82 bits per heavy atom. The van der Waals surface area contributed by atoms with Crippen LogP contribution in [0.5, 0.6) is 11.5 Å². The number of thiophene rings is 1. The highest BCUT2D eigenvalue weighted by Crippen LogP contribution is 2.33. The number of hydrogen-bond acceptors (Lipinski definition) is 6. The molecule has 8 heteroatoms. The molecule has 0 saturated carbocycles. The van der Waals surface area contributed by atoms with Crippen LogP contribution in [0.2, 0.25) is 0 Å². The van der Waals surface area contributed by atoms with E-state index >= 15 is 0 Å². The average Bonchev–Trinajstić information content (AvgIpc) is 3.23. The number of nitrogens with zero attached hydrogens (tertiary/aromatic N) is 3. The van der Waals surface area contributed by atoms with Gasteiger partial charge in [-0.2, -0.15) is 0 Å². The van der Waals surface area contributed by atoms with Crippen molar-refractivity contribution >= 4 is 21.6 Å². The number of fused-ring (bicyclic) bond motifs is 1. The largest absolute Gasteiger partial charge is 0.493 e. The van der Waals surface area contributed by atoms with E-state index in [4.69, 9.17) is 9.47 Å². The standard InChI is InChI=1S/C26H28FN3O3S/c1-26(2,14-29(3)4)15-33-21-11-10-19(12-22(21)32-5)30-16-28-20-13-23(34-24(20)25(30)31)17-6-8-18(27)9-7-17/h6-13,16H,14-15H2,1-5H3. The molecule has 0 aliphatic carbocycles. The summed E-state index contributed by atoms with van der Waals surface area (Å²) in [6, 6.07) is 13.5. The summed E-state index contributed by atoms with van der Waals surface area (Å²) in [5.74, 6) is 0.867. The van der Waals surface area contributed by atoms with E-state index in [2.05, 4.69) is 23.7 Å². The number of hydrogen-bond donors (Lipinski definition) is 0. The van der Waals surface area contributed by atoms with Gasteiger partial charge in [-0.3, -0.25) is 9.36 Å². The number of ether oxygens (including phenoxy) is 2. The van der Waals surface area contributed by atoms with E-state index < -0.39 is 0 Å². The molecular formula is C26H28FN3O3S. The van der Waals surface area contributed by atoms with Gasteiger partial charge in [-0.25, -0.2) is 9.37 Å². The fourth-order valence-corrected chi connectivity index (χ4v) is 5.00. The van der Waals surface area contributed by atoms with Crippen molar-refractivity contribution in [1.82, 2.24) is 14.5 Å². The molecule has 0 fully saturated rings. The topological polar surface area (TPSA) is 56.6 Å². The van der Waals surface area contributed by atoms with E-state index in [0.29, 0.717) is 34.0 Å². The van der Waals surface area contributed by atoms with Gasteiger partial charge in [0.2, 0.25) is 0 Å². The van der Waals surface area contributed by atoms with Gasteiger partial charge in [0.05, 0.1) is 24.9 Å². The molecule has 0 saturated heterocycles. The first-order chi connectivity index (χ1) is 16.2. The molecular weight excluding hydrogens is 453 g/mol. The Labute approximate surface area is 202 Å². The first-order valence-electron chi connectivity index (χ1n) is 10.9. The number of methoxy groups -OCH3 is 1. The quantitative estimate of drug-likeness (QED) is 0.345. The van der Waals surface area contributed by atoms with Crippen molar-refractivity contribution in [2.45, 2.75) is 13.8 Å². The van der Waals surface area contributed by atoms with Gasteiger partial charge in [-0.15, -0.1) is 11.3 Å². The zero-order valence-corrected chi connectivity index (χ0v) is 20.8. The fraction of sp³-hybridized carbons (Fsp3) is 0.308. The third kappa shape index (κ3) is 5.13. The lowest BCUT2D eigenvalue weighted by Gasteiger charge is -2.28. The molecule has 2 heterocycles. The van der Waals surface area contributed by atoms with E-state index in [0.717, 1.165) is 17.0 Å². The van der Waals surface area contributed by atoms with Crippen LogP contribution in [0.25, 0.3) is 26.3 Å². The maximum absolute atomic E-state index is 13.3. The molecule has 178 valence electrons. The van der Waals surface area contributed by atoms with Crippen LogP contribution < -0.4 is 15.0 Å². The summed E-state index contributed by atoms with van der Waals surface area (Å²) in [6.07, 6.45) is 1.52. The zero-order valence-electron chi connectivity index (χ0n) is 20.0. The van der Waals surface area contributed by atoms with E-state index in [1.807, 2.05) is 32.3 Å². The van der Waals surface area contributed by atoms with Gasteiger partial charge >= 0.3 is 0 Å². The van der Waals surface area contributed by atoms with E-state index in [9.17, 15) is 9.18 Å². The number of halogens is 1. The molecule has 2 aromatic carbocycles. The number of benzene rings is 2. The summed E-state index contributed by atoms with van der Waals surface area (Å²) in [5, 5.41) is 0. The second-order valence-corrected chi connectivity index (χ2v) is 10.3. The second-order valence-electron chi connectivity index (χ2n) is 9.28. The van der Waals surface area contributed by atoms with Crippen molar-refractivity contribution in [3.63, 3.8) is 0 Å². The molecule has 0 spiro atoms. The lowest BCUT2D eigenvalue weighted by Crippen LogP contribution is -2.33. The van der Waals surface area contributed by atoms with Gasteiger partial charge in [0.1, 0.15) is 16.8 Å². The number of aromatic nitrogens is 2. The molecule has 0 bridgehead atoms. The minimum absolute atomic E-state index is 0.0412. The average molecular weight is 482 g/mol. The Kier molecular flexibility index (Phi) is 6.72. The normalized spacial score (nSPS) is 11.9. The van der Waals surface area contributed by atoms with Crippen molar-refractivity contribution in [3.8, 4) is 27.6 Å². The molecule has 0 radical (unpaired) electrons. The fourth-order valence-electron chi connectivity index (χ4n) is 3.95. The minimum Gasteiger partial charge on any atom is -0.493 e. The molecule has 0 unspecified atom stereocenters. The molecule has 4 aromatic rings. The Balaban J connectivity index is 1.64. The molecule has 0 N–H and O–H groups in total. The first kappa shape index (κ1) is 23.9. The van der Waals surface area contributed by atoms with Crippen LogP contribution in [0.15, 0.2) is 59.7 Å². The lowest BCUT2D eigenvalue weighted by atomic mass is 9.94. The predicted octanol–water partition coefficient (Wildman–Crippen LogP) is 5.23. The smallest absolute Gasteiger partial charge is 0.275 e. The molecule has 0 amide bonds. The molecule has 4 rings (SSSR count). The molecule has 34 heavy (non-hydrogen) atoms. The summed E-state index contributed by atoms with van der Waals surface area (Å²) in [4.78, 5) is 20.7. The monoisotopic (exact) mass is 481 g/mol.